The van der Waals surface area contributed by atoms with E-state index in [4.69, 9.17) is 5.11 Å². The number of nitro groups is 1. The molecule has 0 unspecified atom stereocenters. The third-order valence-electron chi connectivity index (χ3n) is 4.10. The topological polar surface area (TPSA) is 101 Å². The summed E-state index contributed by atoms with van der Waals surface area (Å²) < 4.78 is 0. The molecule has 0 bridgehead atoms. The molecule has 1 amide bonds. The van der Waals surface area contributed by atoms with E-state index in [0.717, 1.165) is 0 Å². The number of amides is 1. The van der Waals surface area contributed by atoms with Crippen molar-refractivity contribution in [3.8, 4) is 0 Å². The quantitative estimate of drug-likeness (QED) is 0.679. The Bertz CT molecular complexity index is 606. The molecule has 1 heterocycles. The highest BCUT2D eigenvalue weighted by molar-refractivity contribution is 5.96. The minimum Gasteiger partial charge on any atom is -0.481 e. The fourth-order valence-corrected chi connectivity index (χ4v) is 2.81. The molecule has 0 atom stereocenters. The highest BCUT2D eigenvalue weighted by Gasteiger charge is 2.27. The van der Waals surface area contributed by atoms with Crippen molar-refractivity contribution in [3.05, 3.63) is 39.4 Å². The summed E-state index contributed by atoms with van der Waals surface area (Å²) >= 11 is 0. The van der Waals surface area contributed by atoms with Crippen molar-refractivity contribution in [3.63, 3.8) is 0 Å². The lowest BCUT2D eigenvalue weighted by molar-refractivity contribution is -0.385. The summed E-state index contributed by atoms with van der Waals surface area (Å²) in [5.41, 5.74) is 0.641. The van der Waals surface area contributed by atoms with Crippen molar-refractivity contribution in [2.24, 2.45) is 5.92 Å². The molecule has 2 rings (SSSR count). The van der Waals surface area contributed by atoms with E-state index in [1.807, 2.05) is 0 Å². The van der Waals surface area contributed by atoms with Gasteiger partial charge >= 0.3 is 5.97 Å². The van der Waals surface area contributed by atoms with E-state index in [0.29, 0.717) is 37.1 Å². The largest absolute Gasteiger partial charge is 0.481 e. The number of nitro benzene ring substituents is 1. The van der Waals surface area contributed by atoms with E-state index in [1.165, 1.54) is 12.1 Å². The van der Waals surface area contributed by atoms with Crippen molar-refractivity contribution in [1.82, 2.24) is 4.90 Å². The predicted octanol–water partition coefficient (Wildman–Crippen LogP) is 2.23. The Labute approximate surface area is 127 Å². The molecule has 1 aromatic carbocycles. The Morgan fingerprint density at radius 2 is 2.00 bits per heavy atom. The minimum absolute atomic E-state index is 0.0633. The van der Waals surface area contributed by atoms with Crippen molar-refractivity contribution in [2.75, 3.05) is 13.1 Å². The lowest BCUT2D eigenvalue weighted by Gasteiger charge is -2.31. The fourth-order valence-electron chi connectivity index (χ4n) is 2.81. The van der Waals surface area contributed by atoms with Gasteiger partial charge in [0.05, 0.1) is 4.92 Å². The van der Waals surface area contributed by atoms with Crippen LogP contribution in [0.5, 0.6) is 0 Å². The number of aliphatic carboxylic acids is 1. The van der Waals surface area contributed by atoms with E-state index in [9.17, 15) is 19.7 Å². The number of likely N-dealkylation sites (tertiary alicyclic amines) is 1. The average Bonchev–Trinajstić information content (AvgIpc) is 2.46. The normalized spacial score (nSPS) is 15.6. The van der Waals surface area contributed by atoms with Crippen LogP contribution in [0.2, 0.25) is 0 Å². The number of hydrogen-bond donors (Lipinski definition) is 1. The lowest BCUT2D eigenvalue weighted by Crippen LogP contribution is -2.39. The van der Waals surface area contributed by atoms with Gasteiger partial charge in [-0.25, -0.2) is 0 Å². The Hall–Kier alpha value is -2.44. The molecule has 7 nitrogen and oxygen atoms in total. The number of piperidine rings is 1. The third-order valence-corrected chi connectivity index (χ3v) is 4.10. The number of nitrogens with zero attached hydrogens (tertiary/aromatic N) is 2. The molecule has 0 spiro atoms. The highest BCUT2D eigenvalue weighted by Crippen LogP contribution is 2.25. The lowest BCUT2D eigenvalue weighted by atomic mass is 9.93. The molecule has 0 saturated carbocycles. The standard InChI is InChI=1S/C15H18N2O5/c1-10-12(3-2-4-13(10)17(21)22)15(20)16-7-5-11(6-8-16)9-14(18)19/h2-4,11H,5-9H2,1H3,(H,18,19). The Morgan fingerprint density at radius 3 is 2.55 bits per heavy atom. The van der Waals surface area contributed by atoms with Crippen LogP contribution in [0.4, 0.5) is 5.69 Å². The second kappa shape index (κ2) is 6.55. The molecule has 1 N–H and O–H groups in total. The van der Waals surface area contributed by atoms with Gasteiger partial charge in [0.2, 0.25) is 0 Å². The number of carboxylic acid groups (broad SMARTS) is 1. The maximum Gasteiger partial charge on any atom is 0.303 e. The minimum atomic E-state index is -0.820. The summed E-state index contributed by atoms with van der Waals surface area (Å²) in [6, 6.07) is 4.48. The van der Waals surface area contributed by atoms with Crippen molar-refractivity contribution in [1.29, 1.82) is 0 Å². The molecule has 7 heteroatoms. The summed E-state index contributed by atoms with van der Waals surface area (Å²) in [6.45, 7) is 2.54. The Kier molecular flexibility index (Phi) is 4.75. The second-order valence-electron chi connectivity index (χ2n) is 5.54. The first-order chi connectivity index (χ1) is 10.4. The molecule has 22 heavy (non-hydrogen) atoms. The Morgan fingerprint density at radius 1 is 1.36 bits per heavy atom. The molecule has 1 aliphatic rings. The van der Waals surface area contributed by atoms with E-state index in [2.05, 4.69) is 0 Å². The van der Waals surface area contributed by atoms with Gasteiger partial charge in [-0.3, -0.25) is 19.7 Å². The number of carbonyl (C=O) groups is 2. The van der Waals surface area contributed by atoms with E-state index >= 15 is 0 Å². The maximum atomic E-state index is 12.5. The smallest absolute Gasteiger partial charge is 0.303 e. The van der Waals surface area contributed by atoms with Gasteiger partial charge in [-0.15, -0.1) is 0 Å². The molecule has 0 aliphatic carbocycles. The zero-order valence-corrected chi connectivity index (χ0v) is 12.3. The molecular formula is C15H18N2O5. The molecule has 1 saturated heterocycles. The summed E-state index contributed by atoms with van der Waals surface area (Å²) in [5.74, 6) is -0.956. The zero-order valence-electron chi connectivity index (χ0n) is 12.3. The van der Waals surface area contributed by atoms with E-state index < -0.39 is 10.9 Å². The van der Waals surface area contributed by atoms with Crippen molar-refractivity contribution in [2.45, 2.75) is 26.2 Å². The molecule has 0 radical (unpaired) electrons. The van der Waals surface area contributed by atoms with Crippen LogP contribution in [0.25, 0.3) is 0 Å². The van der Waals surface area contributed by atoms with Crippen LogP contribution in [0.3, 0.4) is 0 Å². The molecule has 1 aliphatic heterocycles. The Balaban J connectivity index is 2.09. The van der Waals surface area contributed by atoms with Crippen LogP contribution in [0.15, 0.2) is 18.2 Å². The average molecular weight is 306 g/mol. The number of benzene rings is 1. The van der Waals surface area contributed by atoms with Crippen molar-refractivity contribution < 1.29 is 19.6 Å². The fraction of sp³-hybridized carbons (Fsp3) is 0.467. The first-order valence-electron chi connectivity index (χ1n) is 7.15. The molecule has 0 aromatic heterocycles. The van der Waals surface area contributed by atoms with Gasteiger partial charge in [0, 0.05) is 36.7 Å². The van der Waals surface area contributed by atoms with Crippen LogP contribution in [-0.2, 0) is 4.79 Å². The third kappa shape index (κ3) is 3.41. The molecule has 1 fully saturated rings. The first kappa shape index (κ1) is 15.9. The van der Waals surface area contributed by atoms with Gasteiger partial charge in [-0.1, -0.05) is 6.07 Å². The molecular weight excluding hydrogens is 288 g/mol. The highest BCUT2D eigenvalue weighted by atomic mass is 16.6. The van der Waals surface area contributed by atoms with Crippen LogP contribution < -0.4 is 0 Å². The molecule has 1 aromatic rings. The van der Waals surface area contributed by atoms with Gasteiger partial charge < -0.3 is 10.0 Å². The van der Waals surface area contributed by atoms with Crippen LogP contribution in [-0.4, -0.2) is 39.9 Å². The number of carbonyl (C=O) groups excluding carboxylic acids is 1. The SMILES string of the molecule is Cc1c(C(=O)N2CCC(CC(=O)O)CC2)cccc1[N+](=O)[O-]. The van der Waals surface area contributed by atoms with Gasteiger partial charge in [0.25, 0.3) is 11.6 Å². The number of hydrogen-bond acceptors (Lipinski definition) is 4. The van der Waals surface area contributed by atoms with Gasteiger partial charge in [0.1, 0.15) is 0 Å². The summed E-state index contributed by atoms with van der Waals surface area (Å²) in [7, 11) is 0. The first-order valence-corrected chi connectivity index (χ1v) is 7.15. The molecule has 118 valence electrons. The van der Waals surface area contributed by atoms with E-state index in [1.54, 1.807) is 17.9 Å². The van der Waals surface area contributed by atoms with Crippen LogP contribution in [0.1, 0.15) is 35.2 Å². The van der Waals surface area contributed by atoms with Crippen molar-refractivity contribution >= 4 is 17.6 Å². The second-order valence-corrected chi connectivity index (χ2v) is 5.54. The van der Waals surface area contributed by atoms with Crippen LogP contribution in [0, 0.1) is 23.0 Å². The van der Waals surface area contributed by atoms with Crippen LogP contribution >= 0.6 is 0 Å². The number of rotatable bonds is 4. The monoisotopic (exact) mass is 306 g/mol. The maximum absolute atomic E-state index is 12.5. The summed E-state index contributed by atoms with van der Waals surface area (Å²) in [5, 5.41) is 19.7. The van der Waals surface area contributed by atoms with Gasteiger partial charge in [0.15, 0.2) is 0 Å². The predicted molar refractivity (Wildman–Crippen MR) is 78.7 cm³/mol. The van der Waals surface area contributed by atoms with E-state index in [-0.39, 0.29) is 23.9 Å². The van der Waals surface area contributed by atoms with Gasteiger partial charge in [-0.2, -0.15) is 0 Å². The zero-order chi connectivity index (χ0) is 16.3. The summed E-state index contributed by atoms with van der Waals surface area (Å²) in [4.78, 5) is 35.3. The summed E-state index contributed by atoms with van der Waals surface area (Å²) in [6.07, 6.45) is 1.41. The van der Waals surface area contributed by atoms with Gasteiger partial charge in [-0.05, 0) is 31.7 Å². The number of carboxylic acids is 1.